The molecule has 0 spiro atoms. The van der Waals surface area contributed by atoms with E-state index in [0.717, 1.165) is 12.8 Å². The molecule has 2 aliphatic heterocycles. The van der Waals surface area contributed by atoms with Gasteiger partial charge in [0.1, 0.15) is 5.69 Å². The average molecular weight is 238 g/mol. The lowest BCUT2D eigenvalue weighted by molar-refractivity contribution is 0.0926. The van der Waals surface area contributed by atoms with Crippen molar-refractivity contribution in [3.63, 3.8) is 0 Å². The summed E-state index contributed by atoms with van der Waals surface area (Å²) < 4.78 is 0. The molecule has 2 saturated heterocycles. The molecule has 3 heterocycles. The van der Waals surface area contributed by atoms with Crippen LogP contribution in [0, 0.1) is 0 Å². The van der Waals surface area contributed by atoms with Crippen molar-refractivity contribution in [2.75, 3.05) is 5.73 Å². The maximum absolute atomic E-state index is 11.8. The highest BCUT2D eigenvalue weighted by molar-refractivity contribution is 7.13. The van der Waals surface area contributed by atoms with Gasteiger partial charge in [0.25, 0.3) is 5.91 Å². The minimum atomic E-state index is -0.104. The predicted octanol–water partition coefficient (Wildman–Crippen LogP) is 0.348. The van der Waals surface area contributed by atoms with E-state index in [2.05, 4.69) is 15.6 Å². The fourth-order valence-electron chi connectivity index (χ4n) is 2.62. The second kappa shape index (κ2) is 3.71. The Labute approximate surface area is 97.4 Å². The Bertz CT molecular complexity index is 419. The molecule has 0 unspecified atom stereocenters. The van der Waals surface area contributed by atoms with Crippen LogP contribution in [0.4, 0.5) is 5.13 Å². The average Bonchev–Trinajstić information content (AvgIpc) is 2.92. The number of thiazole rings is 1. The minimum Gasteiger partial charge on any atom is -0.375 e. The van der Waals surface area contributed by atoms with Gasteiger partial charge in [0.15, 0.2) is 5.13 Å². The van der Waals surface area contributed by atoms with Crippen LogP contribution < -0.4 is 16.4 Å². The molecule has 0 radical (unpaired) electrons. The third-order valence-electron chi connectivity index (χ3n) is 3.37. The Hall–Kier alpha value is -1.14. The fraction of sp³-hybridized carbons (Fsp3) is 0.600. The van der Waals surface area contributed by atoms with E-state index in [1.165, 1.54) is 17.8 Å². The van der Waals surface area contributed by atoms with E-state index < -0.39 is 0 Å². The van der Waals surface area contributed by atoms with E-state index in [0.29, 0.717) is 22.9 Å². The summed E-state index contributed by atoms with van der Waals surface area (Å²) in [6.45, 7) is 0. The Morgan fingerprint density at radius 1 is 1.62 bits per heavy atom. The van der Waals surface area contributed by atoms with Gasteiger partial charge in [0.2, 0.25) is 0 Å². The van der Waals surface area contributed by atoms with Crippen LogP contribution >= 0.6 is 11.3 Å². The predicted molar refractivity (Wildman–Crippen MR) is 62.3 cm³/mol. The van der Waals surface area contributed by atoms with E-state index in [1.807, 2.05) is 0 Å². The van der Waals surface area contributed by atoms with E-state index in [9.17, 15) is 4.79 Å². The number of nitrogens with zero attached hydrogens (tertiary/aromatic N) is 1. The molecule has 2 aliphatic rings. The van der Waals surface area contributed by atoms with Crippen LogP contribution in [0.25, 0.3) is 0 Å². The zero-order valence-corrected chi connectivity index (χ0v) is 9.59. The highest BCUT2D eigenvalue weighted by Gasteiger charge is 2.39. The van der Waals surface area contributed by atoms with Crippen molar-refractivity contribution in [1.29, 1.82) is 0 Å². The normalized spacial score (nSPS) is 31.9. The lowest BCUT2D eigenvalue weighted by atomic mass is 9.95. The SMILES string of the molecule is Nc1nc(C(=O)N[C@H]2C[C@H]3CC[C@@H]2N3)cs1. The molecule has 6 heteroatoms. The monoisotopic (exact) mass is 238 g/mol. The Balaban J connectivity index is 1.65. The first kappa shape index (κ1) is 10.0. The van der Waals surface area contributed by atoms with Gasteiger partial charge in [-0.05, 0) is 19.3 Å². The van der Waals surface area contributed by atoms with Gasteiger partial charge >= 0.3 is 0 Å². The summed E-state index contributed by atoms with van der Waals surface area (Å²) in [4.78, 5) is 15.8. The minimum absolute atomic E-state index is 0.104. The Morgan fingerprint density at radius 3 is 3.06 bits per heavy atom. The van der Waals surface area contributed by atoms with E-state index >= 15 is 0 Å². The second-order valence-electron chi connectivity index (χ2n) is 4.43. The Morgan fingerprint density at radius 2 is 2.50 bits per heavy atom. The van der Waals surface area contributed by atoms with Crippen LogP contribution in [0.15, 0.2) is 5.38 Å². The van der Waals surface area contributed by atoms with Crippen molar-refractivity contribution >= 4 is 22.4 Å². The highest BCUT2D eigenvalue weighted by atomic mass is 32.1. The van der Waals surface area contributed by atoms with Crippen LogP contribution in [0.5, 0.6) is 0 Å². The maximum Gasteiger partial charge on any atom is 0.271 e. The van der Waals surface area contributed by atoms with Crippen LogP contribution in [0.1, 0.15) is 29.8 Å². The van der Waals surface area contributed by atoms with E-state index in [-0.39, 0.29) is 11.9 Å². The first-order chi connectivity index (χ1) is 7.72. The number of nitrogen functional groups attached to an aromatic ring is 1. The molecule has 3 rings (SSSR count). The summed E-state index contributed by atoms with van der Waals surface area (Å²) in [7, 11) is 0. The van der Waals surface area contributed by atoms with Gasteiger partial charge in [0.05, 0.1) is 0 Å². The van der Waals surface area contributed by atoms with Gasteiger partial charge in [-0.25, -0.2) is 4.98 Å². The van der Waals surface area contributed by atoms with Crippen molar-refractivity contribution < 1.29 is 4.79 Å². The summed E-state index contributed by atoms with van der Waals surface area (Å²) in [5.41, 5.74) is 5.94. The van der Waals surface area contributed by atoms with Gasteiger partial charge in [-0.3, -0.25) is 4.79 Å². The van der Waals surface area contributed by atoms with Crippen molar-refractivity contribution in [2.45, 2.75) is 37.4 Å². The number of aromatic nitrogens is 1. The maximum atomic E-state index is 11.8. The summed E-state index contributed by atoms with van der Waals surface area (Å²) >= 11 is 1.30. The smallest absolute Gasteiger partial charge is 0.271 e. The number of amides is 1. The molecular formula is C10H14N4OS. The summed E-state index contributed by atoms with van der Waals surface area (Å²) in [5.74, 6) is -0.104. The van der Waals surface area contributed by atoms with E-state index in [4.69, 9.17) is 5.73 Å². The lowest BCUT2D eigenvalue weighted by Gasteiger charge is -2.20. The number of hydrogen-bond acceptors (Lipinski definition) is 5. The molecule has 1 aromatic heterocycles. The van der Waals surface area contributed by atoms with Gasteiger partial charge in [-0.15, -0.1) is 11.3 Å². The quantitative estimate of drug-likeness (QED) is 0.694. The zero-order valence-electron chi connectivity index (χ0n) is 8.77. The van der Waals surface area contributed by atoms with Gasteiger partial charge in [-0.1, -0.05) is 0 Å². The second-order valence-corrected chi connectivity index (χ2v) is 5.32. The first-order valence-electron chi connectivity index (χ1n) is 5.50. The number of rotatable bonds is 2. The van der Waals surface area contributed by atoms with Crippen LogP contribution in [0.2, 0.25) is 0 Å². The van der Waals surface area contributed by atoms with Crippen molar-refractivity contribution in [3.05, 3.63) is 11.1 Å². The first-order valence-corrected chi connectivity index (χ1v) is 6.38. The van der Waals surface area contributed by atoms with Gasteiger partial charge < -0.3 is 16.4 Å². The fourth-order valence-corrected chi connectivity index (χ4v) is 3.16. The Kier molecular flexibility index (Phi) is 2.33. The van der Waals surface area contributed by atoms with Crippen molar-refractivity contribution in [1.82, 2.24) is 15.6 Å². The van der Waals surface area contributed by atoms with E-state index in [1.54, 1.807) is 5.38 Å². The van der Waals surface area contributed by atoms with Crippen molar-refractivity contribution in [3.8, 4) is 0 Å². The molecule has 2 fully saturated rings. The molecule has 0 aromatic carbocycles. The molecule has 3 atom stereocenters. The summed E-state index contributed by atoms with van der Waals surface area (Å²) in [6.07, 6.45) is 3.44. The molecule has 1 amide bonds. The molecule has 4 N–H and O–H groups in total. The van der Waals surface area contributed by atoms with Crippen LogP contribution in [-0.4, -0.2) is 29.0 Å². The highest BCUT2D eigenvalue weighted by Crippen LogP contribution is 2.28. The molecule has 1 aromatic rings. The largest absolute Gasteiger partial charge is 0.375 e. The van der Waals surface area contributed by atoms with Gasteiger partial charge in [0, 0.05) is 23.5 Å². The number of anilines is 1. The molecule has 16 heavy (non-hydrogen) atoms. The number of carbonyl (C=O) groups is 1. The standard InChI is InChI=1S/C10H14N4OS/c11-10-14-8(4-16-10)9(15)13-7-3-5-1-2-6(7)12-5/h4-7,12H,1-3H2,(H2,11,14)(H,13,15)/t5-,6+,7+/m1/s1. The molecule has 86 valence electrons. The third kappa shape index (κ3) is 1.68. The molecule has 0 aliphatic carbocycles. The number of nitrogens with two attached hydrogens (primary N) is 1. The lowest BCUT2D eigenvalue weighted by Crippen LogP contribution is -2.43. The number of carbonyl (C=O) groups excluding carboxylic acids is 1. The number of fused-ring (bicyclic) bond motifs is 2. The van der Waals surface area contributed by atoms with Crippen LogP contribution in [0.3, 0.4) is 0 Å². The molecule has 0 saturated carbocycles. The summed E-state index contributed by atoms with van der Waals surface area (Å²) in [5, 5.41) is 8.65. The number of nitrogens with one attached hydrogen (secondary N) is 2. The molecule has 2 bridgehead atoms. The molecule has 5 nitrogen and oxygen atoms in total. The number of hydrogen-bond donors (Lipinski definition) is 3. The summed E-state index contributed by atoms with van der Waals surface area (Å²) in [6, 6.07) is 1.30. The van der Waals surface area contributed by atoms with Crippen LogP contribution in [-0.2, 0) is 0 Å². The topological polar surface area (TPSA) is 80.0 Å². The third-order valence-corrected chi connectivity index (χ3v) is 4.05. The zero-order chi connectivity index (χ0) is 11.1. The van der Waals surface area contributed by atoms with Gasteiger partial charge in [-0.2, -0.15) is 0 Å². The molecular weight excluding hydrogens is 224 g/mol. The van der Waals surface area contributed by atoms with Crippen molar-refractivity contribution in [2.24, 2.45) is 0 Å².